The number of urea groups is 1. The highest BCUT2D eigenvalue weighted by Crippen LogP contribution is 2.26. The van der Waals surface area contributed by atoms with E-state index in [0.717, 1.165) is 24.1 Å². The molecule has 1 aromatic carbocycles. The third kappa shape index (κ3) is 2.78. The molecule has 5 heteroatoms. The average molecular weight is 276 g/mol. The minimum Gasteiger partial charge on any atom is -0.389 e. The van der Waals surface area contributed by atoms with Gasteiger partial charge in [-0.1, -0.05) is 12.1 Å². The van der Waals surface area contributed by atoms with E-state index in [1.54, 1.807) is 6.92 Å². The Morgan fingerprint density at radius 1 is 1.30 bits per heavy atom. The third-order valence-electron chi connectivity index (χ3n) is 3.98. The van der Waals surface area contributed by atoms with Crippen LogP contribution in [0.2, 0.25) is 0 Å². The van der Waals surface area contributed by atoms with E-state index in [9.17, 15) is 9.90 Å². The number of nitrogens with one attached hydrogen (secondary N) is 1. The molecular weight excluding hydrogens is 256 g/mol. The predicted octanol–water partition coefficient (Wildman–Crippen LogP) is 2.13. The zero-order chi connectivity index (χ0) is 14.1. The number of likely N-dealkylation sites (tertiary alicyclic amines) is 1. The summed E-state index contributed by atoms with van der Waals surface area (Å²) in [5.41, 5.74) is 1.59. The maximum atomic E-state index is 12.2. The molecule has 2 fully saturated rings. The lowest BCUT2D eigenvalue weighted by atomic mass is 10.1. The first kappa shape index (κ1) is 13.4. The van der Waals surface area contributed by atoms with E-state index >= 15 is 0 Å². The molecule has 0 aliphatic carbocycles. The van der Waals surface area contributed by atoms with Gasteiger partial charge in [-0.3, -0.25) is 0 Å². The molecule has 2 aliphatic heterocycles. The van der Waals surface area contributed by atoms with E-state index < -0.39 is 6.10 Å². The Hall–Kier alpha value is -1.59. The van der Waals surface area contributed by atoms with Gasteiger partial charge in [-0.25, -0.2) is 4.79 Å². The first-order valence-electron chi connectivity index (χ1n) is 7.11. The molecule has 0 spiro atoms. The highest BCUT2D eigenvalue weighted by atomic mass is 16.5. The summed E-state index contributed by atoms with van der Waals surface area (Å²) < 4.78 is 5.72. The van der Waals surface area contributed by atoms with Crippen molar-refractivity contribution in [3.05, 3.63) is 29.8 Å². The predicted molar refractivity (Wildman–Crippen MR) is 75.6 cm³/mol. The van der Waals surface area contributed by atoms with E-state index in [-0.39, 0.29) is 18.2 Å². The largest absolute Gasteiger partial charge is 0.389 e. The van der Waals surface area contributed by atoms with Crippen LogP contribution in [0, 0.1) is 0 Å². The van der Waals surface area contributed by atoms with Gasteiger partial charge in [0, 0.05) is 18.8 Å². The zero-order valence-corrected chi connectivity index (χ0v) is 11.6. The van der Waals surface area contributed by atoms with E-state index in [2.05, 4.69) is 5.32 Å². The number of ether oxygens (including phenoxy) is 1. The second-order valence-electron chi connectivity index (χ2n) is 5.59. The average Bonchev–Trinajstić information content (AvgIpc) is 2.78. The Labute approximate surface area is 118 Å². The van der Waals surface area contributed by atoms with Crippen molar-refractivity contribution in [1.29, 1.82) is 0 Å². The summed E-state index contributed by atoms with van der Waals surface area (Å²) in [7, 11) is 0. The number of amides is 2. The van der Waals surface area contributed by atoms with Gasteiger partial charge in [-0.15, -0.1) is 0 Å². The zero-order valence-electron chi connectivity index (χ0n) is 11.6. The minimum absolute atomic E-state index is 0.0741. The number of benzene rings is 1. The van der Waals surface area contributed by atoms with Crippen LogP contribution in [0.1, 0.15) is 31.4 Å². The van der Waals surface area contributed by atoms with Crippen LogP contribution in [-0.2, 0) is 4.74 Å². The summed E-state index contributed by atoms with van der Waals surface area (Å²) in [5, 5.41) is 12.4. The number of morpholine rings is 1. The van der Waals surface area contributed by atoms with Crippen molar-refractivity contribution in [1.82, 2.24) is 4.90 Å². The normalized spacial score (nSPS) is 26.4. The van der Waals surface area contributed by atoms with Crippen LogP contribution in [0.4, 0.5) is 10.5 Å². The Bertz CT molecular complexity index is 474. The summed E-state index contributed by atoms with van der Waals surface area (Å²) in [6, 6.07) is 7.20. The van der Waals surface area contributed by atoms with Gasteiger partial charge >= 0.3 is 6.03 Å². The smallest absolute Gasteiger partial charge is 0.322 e. The molecule has 2 heterocycles. The molecule has 3 rings (SSSR count). The molecule has 0 radical (unpaired) electrons. The Morgan fingerprint density at radius 3 is 2.45 bits per heavy atom. The van der Waals surface area contributed by atoms with Gasteiger partial charge in [0.2, 0.25) is 0 Å². The first-order chi connectivity index (χ1) is 9.61. The number of nitrogens with zero attached hydrogens (tertiary/aromatic N) is 1. The second-order valence-corrected chi connectivity index (χ2v) is 5.59. The number of carbonyl (C=O) groups excluding carboxylic acids is 1. The van der Waals surface area contributed by atoms with Gasteiger partial charge in [0.25, 0.3) is 0 Å². The van der Waals surface area contributed by atoms with Gasteiger partial charge in [0.15, 0.2) is 0 Å². The fourth-order valence-corrected chi connectivity index (χ4v) is 2.83. The number of fused-ring (bicyclic) bond motifs is 2. The lowest BCUT2D eigenvalue weighted by Crippen LogP contribution is -2.47. The minimum atomic E-state index is -0.491. The van der Waals surface area contributed by atoms with Crippen molar-refractivity contribution in [3.8, 4) is 0 Å². The molecule has 2 bridgehead atoms. The number of aliphatic hydroxyl groups is 1. The van der Waals surface area contributed by atoms with Gasteiger partial charge in [0.05, 0.1) is 18.3 Å². The van der Waals surface area contributed by atoms with Crippen LogP contribution in [0.15, 0.2) is 24.3 Å². The number of aliphatic hydroxyl groups excluding tert-OH is 1. The summed E-state index contributed by atoms with van der Waals surface area (Å²) in [5.74, 6) is 0. The fraction of sp³-hybridized carbons (Fsp3) is 0.533. The molecule has 0 aromatic heterocycles. The Kier molecular flexibility index (Phi) is 3.63. The number of hydrogen-bond acceptors (Lipinski definition) is 3. The number of rotatable bonds is 2. The highest BCUT2D eigenvalue weighted by Gasteiger charge is 2.35. The van der Waals surface area contributed by atoms with Gasteiger partial charge in [-0.2, -0.15) is 0 Å². The van der Waals surface area contributed by atoms with Gasteiger partial charge in [0.1, 0.15) is 0 Å². The van der Waals surface area contributed by atoms with Crippen LogP contribution in [-0.4, -0.2) is 41.3 Å². The number of carbonyl (C=O) groups is 1. The summed E-state index contributed by atoms with van der Waals surface area (Å²) in [4.78, 5) is 14.0. The van der Waals surface area contributed by atoms with E-state index in [1.807, 2.05) is 29.2 Å². The summed E-state index contributed by atoms with van der Waals surface area (Å²) in [6.07, 6.45) is 2.03. The lowest BCUT2D eigenvalue weighted by molar-refractivity contribution is -0.0219. The van der Waals surface area contributed by atoms with Crippen molar-refractivity contribution >= 4 is 11.7 Å². The van der Waals surface area contributed by atoms with E-state index in [1.165, 1.54) is 0 Å². The lowest BCUT2D eigenvalue weighted by Gasteiger charge is -2.32. The molecule has 5 nitrogen and oxygen atoms in total. The maximum absolute atomic E-state index is 12.2. The van der Waals surface area contributed by atoms with Crippen LogP contribution >= 0.6 is 0 Å². The third-order valence-corrected chi connectivity index (χ3v) is 3.98. The fourth-order valence-electron chi connectivity index (χ4n) is 2.83. The van der Waals surface area contributed by atoms with Crippen LogP contribution in [0.25, 0.3) is 0 Å². The molecule has 20 heavy (non-hydrogen) atoms. The summed E-state index contributed by atoms with van der Waals surface area (Å²) >= 11 is 0. The van der Waals surface area contributed by atoms with Crippen molar-refractivity contribution in [2.45, 2.75) is 38.1 Å². The van der Waals surface area contributed by atoms with Crippen molar-refractivity contribution in [2.75, 3.05) is 18.4 Å². The molecule has 3 atom stereocenters. The Balaban J connectivity index is 1.61. The SMILES string of the molecule is CC(O)c1ccc(NC(=O)N2CC3CCC(C2)O3)cc1. The quantitative estimate of drug-likeness (QED) is 0.870. The van der Waals surface area contributed by atoms with Crippen molar-refractivity contribution < 1.29 is 14.6 Å². The van der Waals surface area contributed by atoms with Crippen LogP contribution in [0.5, 0.6) is 0 Å². The molecule has 108 valence electrons. The molecule has 2 N–H and O–H groups in total. The molecule has 2 amide bonds. The van der Waals surface area contributed by atoms with Crippen molar-refractivity contribution in [3.63, 3.8) is 0 Å². The molecule has 1 aromatic rings. The topological polar surface area (TPSA) is 61.8 Å². The number of hydrogen-bond donors (Lipinski definition) is 2. The number of anilines is 1. The molecule has 2 saturated heterocycles. The maximum Gasteiger partial charge on any atom is 0.322 e. The molecule has 0 saturated carbocycles. The monoisotopic (exact) mass is 276 g/mol. The van der Waals surface area contributed by atoms with Crippen LogP contribution in [0.3, 0.4) is 0 Å². The van der Waals surface area contributed by atoms with Gasteiger partial charge in [-0.05, 0) is 37.5 Å². The van der Waals surface area contributed by atoms with Crippen LogP contribution < -0.4 is 5.32 Å². The standard InChI is InChI=1S/C15H20N2O3/c1-10(18)11-2-4-12(5-3-11)16-15(19)17-8-13-6-7-14(9-17)20-13/h2-5,10,13-14,18H,6-9H2,1H3,(H,16,19). The van der Waals surface area contributed by atoms with E-state index in [4.69, 9.17) is 4.74 Å². The highest BCUT2D eigenvalue weighted by molar-refractivity contribution is 5.89. The first-order valence-corrected chi connectivity index (χ1v) is 7.11. The Morgan fingerprint density at radius 2 is 1.90 bits per heavy atom. The summed E-state index contributed by atoms with van der Waals surface area (Å²) in [6.45, 7) is 3.07. The molecular formula is C15H20N2O3. The van der Waals surface area contributed by atoms with Crippen molar-refractivity contribution in [2.24, 2.45) is 0 Å². The molecule has 2 aliphatic rings. The van der Waals surface area contributed by atoms with Gasteiger partial charge < -0.3 is 20.1 Å². The molecule has 3 unspecified atom stereocenters. The van der Waals surface area contributed by atoms with E-state index in [0.29, 0.717) is 13.1 Å². The second kappa shape index (κ2) is 5.42.